The zero-order chi connectivity index (χ0) is 26.7. The number of amides is 1. The van der Waals surface area contributed by atoms with Crippen molar-refractivity contribution in [3.63, 3.8) is 0 Å². The summed E-state index contributed by atoms with van der Waals surface area (Å²) >= 11 is 0. The number of carbonyl (C=O) groups excluding carboxylic acids is 2. The van der Waals surface area contributed by atoms with Crippen LogP contribution in [0.15, 0.2) is 48.0 Å². The van der Waals surface area contributed by atoms with E-state index in [2.05, 4.69) is 30.3 Å². The fourth-order valence-electron chi connectivity index (χ4n) is 6.29. The highest BCUT2D eigenvalue weighted by atomic mass is 16.2. The summed E-state index contributed by atoms with van der Waals surface area (Å²) in [5.41, 5.74) is 11.5. The molecule has 0 radical (unpaired) electrons. The first-order valence-corrected chi connectivity index (χ1v) is 13.0. The van der Waals surface area contributed by atoms with Gasteiger partial charge in [0.2, 0.25) is 5.82 Å². The molecule has 0 aromatic carbocycles. The Hall–Kier alpha value is -4.74. The number of fused-ring (bicyclic) bond motifs is 3. The molecule has 2 fully saturated rings. The van der Waals surface area contributed by atoms with Gasteiger partial charge in [-0.3, -0.25) is 24.7 Å². The zero-order valence-corrected chi connectivity index (χ0v) is 21.3. The van der Waals surface area contributed by atoms with Crippen LogP contribution in [0.2, 0.25) is 0 Å². The molecule has 3 atom stereocenters. The molecule has 7 heterocycles. The molecule has 3 N–H and O–H groups in total. The SMILES string of the molecule is CC(=O)c1c(C2C[C@H]3CC[C@@H](C2)N3C(=O)c2ncn[nH]2)nc2c(-c3ccc(C4=NCC=C4)nc3)cnn2c1N. The molecule has 2 bridgehead atoms. The molecule has 4 aromatic rings. The minimum absolute atomic E-state index is 0.0251. The molecule has 39 heavy (non-hydrogen) atoms. The van der Waals surface area contributed by atoms with Crippen molar-refractivity contribution >= 4 is 28.9 Å². The number of nitrogens with zero attached hydrogens (tertiary/aromatic N) is 8. The molecule has 4 aromatic heterocycles. The second kappa shape index (κ2) is 8.93. The number of piperidine rings is 1. The number of aromatic nitrogens is 7. The monoisotopic (exact) mass is 522 g/mol. The third kappa shape index (κ3) is 3.74. The van der Waals surface area contributed by atoms with Gasteiger partial charge in [0, 0.05) is 35.3 Å². The van der Waals surface area contributed by atoms with E-state index < -0.39 is 0 Å². The first-order chi connectivity index (χ1) is 19.0. The molecule has 12 nitrogen and oxygen atoms in total. The van der Waals surface area contributed by atoms with Gasteiger partial charge in [-0.15, -0.1) is 0 Å². The Kier molecular flexibility index (Phi) is 5.35. The van der Waals surface area contributed by atoms with Gasteiger partial charge in [-0.2, -0.15) is 14.7 Å². The van der Waals surface area contributed by atoms with Gasteiger partial charge in [0.05, 0.1) is 35.4 Å². The summed E-state index contributed by atoms with van der Waals surface area (Å²) in [5.74, 6) is 0.205. The fourth-order valence-corrected chi connectivity index (χ4v) is 6.29. The van der Waals surface area contributed by atoms with Gasteiger partial charge in [-0.1, -0.05) is 12.1 Å². The van der Waals surface area contributed by atoms with Crippen molar-refractivity contribution in [3.8, 4) is 11.1 Å². The maximum absolute atomic E-state index is 13.1. The van der Waals surface area contributed by atoms with Crippen molar-refractivity contribution < 1.29 is 9.59 Å². The number of aliphatic imine (C=N–C) groups is 1. The van der Waals surface area contributed by atoms with E-state index in [1.54, 1.807) is 12.4 Å². The number of carbonyl (C=O) groups is 2. The third-order valence-electron chi connectivity index (χ3n) is 8.01. The number of allylic oxidation sites excluding steroid dienone is 1. The number of aromatic amines is 1. The van der Waals surface area contributed by atoms with Gasteiger partial charge in [0.25, 0.3) is 5.91 Å². The van der Waals surface area contributed by atoms with Crippen molar-refractivity contribution in [3.05, 3.63) is 65.8 Å². The molecule has 0 aliphatic carbocycles. The lowest BCUT2D eigenvalue weighted by Crippen LogP contribution is -2.46. The highest BCUT2D eigenvalue weighted by molar-refractivity contribution is 6.08. The van der Waals surface area contributed by atoms with Gasteiger partial charge in [0.15, 0.2) is 11.4 Å². The number of H-pyrrole nitrogens is 1. The maximum atomic E-state index is 13.1. The lowest BCUT2D eigenvalue weighted by molar-refractivity contribution is 0.0556. The maximum Gasteiger partial charge on any atom is 0.291 e. The van der Waals surface area contributed by atoms with Crippen LogP contribution in [-0.4, -0.2) is 75.7 Å². The number of pyridine rings is 1. The van der Waals surface area contributed by atoms with Crippen LogP contribution < -0.4 is 5.73 Å². The predicted molar refractivity (Wildman–Crippen MR) is 143 cm³/mol. The molecule has 7 rings (SSSR count). The minimum atomic E-state index is -0.155. The molecule has 2 saturated heterocycles. The van der Waals surface area contributed by atoms with Gasteiger partial charge >= 0.3 is 0 Å². The van der Waals surface area contributed by atoms with Crippen molar-refractivity contribution in [1.29, 1.82) is 0 Å². The number of hydrogen-bond donors (Lipinski definition) is 2. The number of nitrogen functional groups attached to an aromatic ring is 1. The Morgan fingerprint density at radius 3 is 2.56 bits per heavy atom. The van der Waals surface area contributed by atoms with Crippen LogP contribution >= 0.6 is 0 Å². The van der Waals surface area contributed by atoms with Crippen molar-refractivity contribution in [2.24, 2.45) is 4.99 Å². The number of anilines is 1. The van der Waals surface area contributed by atoms with E-state index in [1.165, 1.54) is 17.8 Å². The standard InChI is InChI=1S/C27H26N10O2/c1-14(38)22-23(16-9-17-5-6-18(10-16)36(17)27(39)25-31-13-32-35-25)34-26-19(12-33-37(26)24(22)28)15-4-7-21(30-11-15)20-3-2-8-29-20/h2-4,7,11-13,16-18H,5-6,8-10,28H2,1H3,(H,31,32,35)/t16?,17-,18+. The van der Waals surface area contributed by atoms with E-state index in [0.717, 1.165) is 35.4 Å². The van der Waals surface area contributed by atoms with Crippen LogP contribution in [0.4, 0.5) is 5.82 Å². The quantitative estimate of drug-likeness (QED) is 0.378. The van der Waals surface area contributed by atoms with E-state index in [9.17, 15) is 9.59 Å². The van der Waals surface area contributed by atoms with Gasteiger partial charge in [-0.05, 0) is 44.7 Å². The van der Waals surface area contributed by atoms with Crippen molar-refractivity contribution in [2.75, 3.05) is 12.3 Å². The topological polar surface area (TPSA) is 160 Å². The largest absolute Gasteiger partial charge is 0.383 e. The normalized spacial score (nSPS) is 22.0. The Morgan fingerprint density at radius 2 is 1.92 bits per heavy atom. The number of nitrogens with one attached hydrogen (secondary N) is 1. The van der Waals surface area contributed by atoms with E-state index in [0.29, 0.717) is 36.3 Å². The summed E-state index contributed by atoms with van der Waals surface area (Å²) in [6, 6.07) is 3.96. The van der Waals surface area contributed by atoms with Crippen LogP contribution in [-0.2, 0) is 0 Å². The second-order valence-electron chi connectivity index (χ2n) is 10.3. The van der Waals surface area contributed by atoms with Gasteiger partial charge < -0.3 is 10.6 Å². The molecular weight excluding hydrogens is 496 g/mol. The highest BCUT2D eigenvalue weighted by Crippen LogP contribution is 2.45. The number of rotatable bonds is 5. The third-order valence-corrected chi connectivity index (χ3v) is 8.01. The minimum Gasteiger partial charge on any atom is -0.383 e. The Bertz CT molecular complexity index is 1650. The predicted octanol–water partition coefficient (Wildman–Crippen LogP) is 2.60. The van der Waals surface area contributed by atoms with Crippen LogP contribution in [0.25, 0.3) is 16.8 Å². The van der Waals surface area contributed by atoms with Gasteiger partial charge in [-0.25, -0.2) is 9.97 Å². The van der Waals surface area contributed by atoms with Crippen LogP contribution in [0.5, 0.6) is 0 Å². The lowest BCUT2D eigenvalue weighted by atomic mass is 9.85. The molecule has 1 amide bonds. The molecule has 0 saturated carbocycles. The van der Waals surface area contributed by atoms with E-state index in [4.69, 9.17) is 10.7 Å². The number of hydrogen-bond acceptors (Lipinski definition) is 9. The first-order valence-electron chi connectivity index (χ1n) is 13.0. The van der Waals surface area contributed by atoms with E-state index >= 15 is 0 Å². The summed E-state index contributed by atoms with van der Waals surface area (Å²) in [6.07, 6.45) is 12.0. The molecule has 3 aliphatic rings. The fraction of sp³-hybridized carbons (Fsp3) is 0.333. The Labute approximate surface area is 223 Å². The van der Waals surface area contributed by atoms with Crippen molar-refractivity contribution in [1.82, 2.24) is 39.7 Å². The zero-order valence-electron chi connectivity index (χ0n) is 21.3. The highest BCUT2D eigenvalue weighted by Gasteiger charge is 2.45. The average molecular weight is 523 g/mol. The summed E-state index contributed by atoms with van der Waals surface area (Å²) < 4.78 is 1.53. The summed E-state index contributed by atoms with van der Waals surface area (Å²) in [6.45, 7) is 2.18. The molecule has 12 heteroatoms. The smallest absolute Gasteiger partial charge is 0.291 e. The molecule has 1 unspecified atom stereocenters. The van der Waals surface area contributed by atoms with Gasteiger partial charge in [0.1, 0.15) is 12.1 Å². The van der Waals surface area contributed by atoms with Crippen LogP contribution in [0.3, 0.4) is 0 Å². The number of Topliss-reactive ketones (excluding diaryl/α,β-unsaturated/α-hetero) is 1. The second-order valence-corrected chi connectivity index (χ2v) is 10.3. The molecule has 196 valence electrons. The summed E-state index contributed by atoms with van der Waals surface area (Å²) in [4.78, 5) is 46.0. The Balaban J connectivity index is 1.26. The van der Waals surface area contributed by atoms with Crippen LogP contribution in [0.1, 0.15) is 70.9 Å². The summed E-state index contributed by atoms with van der Waals surface area (Å²) in [7, 11) is 0. The molecular formula is C27H26N10O2. The lowest BCUT2D eigenvalue weighted by Gasteiger charge is -2.38. The average Bonchev–Trinajstić information content (AvgIpc) is 3.75. The van der Waals surface area contributed by atoms with Crippen LogP contribution in [0, 0.1) is 0 Å². The first kappa shape index (κ1) is 23.4. The van der Waals surface area contributed by atoms with Crippen molar-refractivity contribution in [2.45, 2.75) is 50.6 Å². The number of nitrogens with two attached hydrogens (primary N) is 1. The Morgan fingerprint density at radius 1 is 1.10 bits per heavy atom. The van der Waals surface area contributed by atoms with E-state index in [-0.39, 0.29) is 41.3 Å². The number of ketones is 1. The van der Waals surface area contributed by atoms with E-state index in [1.807, 2.05) is 29.2 Å². The summed E-state index contributed by atoms with van der Waals surface area (Å²) in [5, 5.41) is 11.0. The molecule has 0 spiro atoms. The molecule has 3 aliphatic heterocycles.